The zero-order valence-electron chi connectivity index (χ0n) is 36.4. The van der Waals surface area contributed by atoms with Crippen molar-refractivity contribution in [3.05, 3.63) is 242 Å². The molecule has 304 valence electrons. The smallest absolute Gasteiger partial charge is 0.0159 e. The maximum absolute atomic E-state index is 2.48. The molecular formula is C65H44. The molecule has 13 rings (SSSR count). The van der Waals surface area contributed by atoms with Gasteiger partial charge < -0.3 is 0 Å². The Balaban J connectivity index is 0.962. The summed E-state index contributed by atoms with van der Waals surface area (Å²) >= 11 is 0. The fraction of sp³-hybridized carbons (Fsp3) is 0.0462. The Labute approximate surface area is 379 Å². The van der Waals surface area contributed by atoms with Gasteiger partial charge in [-0.15, -0.1) is 0 Å². The monoisotopic (exact) mass is 824 g/mol. The van der Waals surface area contributed by atoms with E-state index in [0.717, 1.165) is 0 Å². The molecule has 0 aliphatic heterocycles. The maximum Gasteiger partial charge on any atom is 0.0159 e. The number of fused-ring (bicyclic) bond motifs is 8. The summed E-state index contributed by atoms with van der Waals surface area (Å²) in [7, 11) is 0. The third-order valence-corrected chi connectivity index (χ3v) is 14.5. The topological polar surface area (TPSA) is 0 Å². The van der Waals surface area contributed by atoms with Gasteiger partial charge in [0, 0.05) is 5.41 Å². The highest BCUT2D eigenvalue weighted by molar-refractivity contribution is 6.25. The van der Waals surface area contributed by atoms with E-state index in [9.17, 15) is 0 Å². The largest absolute Gasteiger partial charge is 0.0622 e. The summed E-state index contributed by atoms with van der Waals surface area (Å²) in [6.07, 6.45) is 0. The van der Waals surface area contributed by atoms with Crippen LogP contribution in [-0.2, 0) is 5.41 Å². The van der Waals surface area contributed by atoms with Crippen LogP contribution in [0, 0.1) is 0 Å². The van der Waals surface area contributed by atoms with Crippen molar-refractivity contribution in [1.82, 2.24) is 0 Å². The second-order valence-electron chi connectivity index (χ2n) is 18.3. The first-order valence-electron chi connectivity index (χ1n) is 22.8. The van der Waals surface area contributed by atoms with Crippen molar-refractivity contribution in [3.8, 4) is 66.8 Å². The molecule has 0 amide bonds. The van der Waals surface area contributed by atoms with Crippen molar-refractivity contribution >= 4 is 53.9 Å². The Hall–Kier alpha value is -8.06. The van der Waals surface area contributed by atoms with E-state index in [1.54, 1.807) is 0 Å². The summed E-state index contributed by atoms with van der Waals surface area (Å²) in [4.78, 5) is 0. The van der Waals surface area contributed by atoms with Crippen LogP contribution in [0.5, 0.6) is 0 Å². The molecule has 0 spiro atoms. The summed E-state index contributed by atoms with van der Waals surface area (Å²) < 4.78 is 0. The van der Waals surface area contributed by atoms with Crippen molar-refractivity contribution in [3.63, 3.8) is 0 Å². The first kappa shape index (κ1) is 37.5. The van der Waals surface area contributed by atoms with Crippen molar-refractivity contribution in [2.75, 3.05) is 0 Å². The Morgan fingerprint density at radius 2 is 0.554 bits per heavy atom. The molecule has 12 aromatic rings. The van der Waals surface area contributed by atoms with Crippen LogP contribution in [0.15, 0.2) is 231 Å². The van der Waals surface area contributed by atoms with E-state index in [1.807, 2.05) is 0 Å². The highest BCUT2D eigenvalue weighted by Crippen LogP contribution is 2.52. The molecule has 0 saturated heterocycles. The van der Waals surface area contributed by atoms with Gasteiger partial charge in [0.05, 0.1) is 0 Å². The van der Waals surface area contributed by atoms with E-state index in [2.05, 4.69) is 244 Å². The third-order valence-electron chi connectivity index (χ3n) is 14.5. The first-order chi connectivity index (χ1) is 32.0. The molecule has 0 fully saturated rings. The van der Waals surface area contributed by atoms with E-state index >= 15 is 0 Å². The van der Waals surface area contributed by atoms with Gasteiger partial charge in [-0.05, 0) is 138 Å². The predicted molar refractivity (Wildman–Crippen MR) is 279 cm³/mol. The first-order valence-corrected chi connectivity index (χ1v) is 22.8. The van der Waals surface area contributed by atoms with E-state index in [1.165, 1.54) is 132 Å². The van der Waals surface area contributed by atoms with Gasteiger partial charge in [-0.25, -0.2) is 0 Å². The number of hydrogen-bond donors (Lipinski definition) is 0. The molecule has 0 bridgehead atoms. The zero-order valence-corrected chi connectivity index (χ0v) is 36.4. The minimum absolute atomic E-state index is 0.0780. The van der Waals surface area contributed by atoms with E-state index in [0.29, 0.717) is 0 Å². The van der Waals surface area contributed by atoms with Gasteiger partial charge in [-0.3, -0.25) is 0 Å². The Kier molecular flexibility index (Phi) is 8.36. The predicted octanol–water partition coefficient (Wildman–Crippen LogP) is 18.1. The van der Waals surface area contributed by atoms with Crippen LogP contribution in [0.2, 0.25) is 0 Å². The lowest BCUT2D eigenvalue weighted by molar-refractivity contribution is 0.660. The summed E-state index contributed by atoms with van der Waals surface area (Å²) in [6, 6.07) is 85.9. The van der Waals surface area contributed by atoms with Crippen LogP contribution in [0.4, 0.5) is 0 Å². The van der Waals surface area contributed by atoms with Crippen LogP contribution in [0.25, 0.3) is 121 Å². The summed E-state index contributed by atoms with van der Waals surface area (Å²) in [5.74, 6) is 0. The van der Waals surface area contributed by atoms with Crippen molar-refractivity contribution in [1.29, 1.82) is 0 Å². The SMILES string of the molecule is CC1(C)c2ccccc2-c2ccc(-c3c4ccccc4c(-c4ccc(-c5ccc(-c6c7ccccc7c(-c7ccccc7)c7ccccc67)cc5)c5ccccc45)c4ccccc34)cc21. The average molecular weight is 825 g/mol. The Bertz CT molecular complexity index is 3770. The number of benzene rings is 12. The van der Waals surface area contributed by atoms with E-state index < -0.39 is 0 Å². The summed E-state index contributed by atoms with van der Waals surface area (Å²) in [5.41, 5.74) is 18.0. The van der Waals surface area contributed by atoms with Gasteiger partial charge >= 0.3 is 0 Å². The molecule has 0 unspecified atom stereocenters. The quantitative estimate of drug-likeness (QED) is 0.152. The number of hydrogen-bond acceptors (Lipinski definition) is 0. The molecule has 1 aliphatic rings. The molecule has 0 aromatic heterocycles. The summed E-state index contributed by atoms with van der Waals surface area (Å²) in [5, 5.41) is 12.7. The van der Waals surface area contributed by atoms with Gasteiger partial charge in [-0.2, -0.15) is 0 Å². The molecule has 0 nitrogen and oxygen atoms in total. The van der Waals surface area contributed by atoms with Gasteiger partial charge in [0.25, 0.3) is 0 Å². The lowest BCUT2D eigenvalue weighted by atomic mass is 9.80. The van der Waals surface area contributed by atoms with Gasteiger partial charge in [0.2, 0.25) is 0 Å². The fourth-order valence-corrected chi connectivity index (χ4v) is 11.5. The molecule has 0 radical (unpaired) electrons. The van der Waals surface area contributed by atoms with Crippen molar-refractivity contribution < 1.29 is 0 Å². The molecule has 0 N–H and O–H groups in total. The van der Waals surface area contributed by atoms with Gasteiger partial charge in [0.15, 0.2) is 0 Å². The normalized spacial score (nSPS) is 12.9. The van der Waals surface area contributed by atoms with E-state index in [-0.39, 0.29) is 5.41 Å². The Morgan fingerprint density at radius 3 is 1.09 bits per heavy atom. The van der Waals surface area contributed by atoms with Crippen LogP contribution in [-0.4, -0.2) is 0 Å². The van der Waals surface area contributed by atoms with E-state index in [4.69, 9.17) is 0 Å². The molecule has 0 heteroatoms. The molecule has 0 atom stereocenters. The van der Waals surface area contributed by atoms with Crippen molar-refractivity contribution in [2.24, 2.45) is 0 Å². The lowest BCUT2D eigenvalue weighted by Gasteiger charge is -2.23. The minimum atomic E-state index is -0.0780. The van der Waals surface area contributed by atoms with Gasteiger partial charge in [0.1, 0.15) is 0 Å². The molecular weight excluding hydrogens is 781 g/mol. The fourth-order valence-electron chi connectivity index (χ4n) is 11.5. The van der Waals surface area contributed by atoms with Gasteiger partial charge in [-0.1, -0.05) is 238 Å². The zero-order chi connectivity index (χ0) is 43.2. The second kappa shape index (κ2) is 14.5. The molecule has 0 saturated carbocycles. The van der Waals surface area contributed by atoms with Crippen LogP contribution in [0.1, 0.15) is 25.0 Å². The second-order valence-corrected chi connectivity index (χ2v) is 18.3. The highest BCUT2D eigenvalue weighted by Gasteiger charge is 2.35. The number of rotatable bonds is 5. The Morgan fingerprint density at radius 1 is 0.215 bits per heavy atom. The molecule has 65 heavy (non-hydrogen) atoms. The van der Waals surface area contributed by atoms with Crippen molar-refractivity contribution in [2.45, 2.75) is 19.3 Å². The minimum Gasteiger partial charge on any atom is -0.0622 e. The molecule has 0 heterocycles. The third kappa shape index (κ3) is 5.64. The molecule has 12 aromatic carbocycles. The highest BCUT2D eigenvalue weighted by atomic mass is 14.4. The molecule has 1 aliphatic carbocycles. The maximum atomic E-state index is 2.48. The average Bonchev–Trinajstić information content (AvgIpc) is 3.59. The van der Waals surface area contributed by atoms with Crippen LogP contribution < -0.4 is 0 Å². The van der Waals surface area contributed by atoms with Crippen LogP contribution >= 0.6 is 0 Å². The van der Waals surface area contributed by atoms with Crippen LogP contribution in [0.3, 0.4) is 0 Å². The summed E-state index contributed by atoms with van der Waals surface area (Å²) in [6.45, 7) is 4.75. The lowest BCUT2D eigenvalue weighted by Crippen LogP contribution is -2.14. The standard InChI is InChI=1S/C65H44/c1-65(2)59-31-17-16-22-48(59)49-37-36-44(40-60(49)65)63-54-27-12-14-29-56(54)64(57-30-15-13-28-55(57)63)58-39-38-45(46-20-6-7-21-47(46)58)41-32-34-43(35-33-41)62-52-25-10-8-23-50(52)61(42-18-4-3-5-19-42)51-24-9-11-26-53(51)62/h3-40H,1-2H3.